The summed E-state index contributed by atoms with van der Waals surface area (Å²) in [6, 6.07) is 8.99. The summed E-state index contributed by atoms with van der Waals surface area (Å²) < 4.78 is 24.5. The highest BCUT2D eigenvalue weighted by molar-refractivity contribution is 7.88. The molecule has 4 aliphatic rings. The van der Waals surface area contributed by atoms with Crippen LogP contribution in [0, 0.1) is 39.9 Å². The van der Waals surface area contributed by atoms with Crippen LogP contribution in [0.3, 0.4) is 0 Å². The van der Waals surface area contributed by atoms with Crippen LogP contribution in [-0.4, -0.2) is 31.6 Å². The van der Waals surface area contributed by atoms with E-state index in [1.165, 1.54) is 30.7 Å². The molecule has 0 spiro atoms. The third-order valence-corrected chi connectivity index (χ3v) is 9.82. The number of rotatable bonds is 3. The number of hydrogen-bond acceptors (Lipinski definition) is 4. The zero-order valence-electron chi connectivity index (χ0n) is 19.7. The minimum absolute atomic E-state index is 0.213. The van der Waals surface area contributed by atoms with Crippen LogP contribution in [0.25, 0.3) is 5.57 Å². The molecular formula is C26H33N3O3S. The molecule has 1 unspecified atom stereocenters. The third-order valence-electron chi connectivity index (χ3n) is 9.29. The van der Waals surface area contributed by atoms with Gasteiger partial charge in [-0.15, -0.1) is 4.83 Å². The highest BCUT2D eigenvalue weighted by atomic mass is 32.2. The van der Waals surface area contributed by atoms with Crippen molar-refractivity contribution in [2.75, 3.05) is 6.26 Å². The molecule has 1 aliphatic heterocycles. The molecule has 176 valence electrons. The first kappa shape index (κ1) is 22.6. The number of sulfonamides is 1. The lowest BCUT2D eigenvalue weighted by Gasteiger charge is -2.60. The van der Waals surface area contributed by atoms with Crippen molar-refractivity contribution in [2.45, 2.75) is 64.8 Å². The molecule has 0 saturated heterocycles. The Balaban J connectivity index is 1.63. The Kier molecular flexibility index (Phi) is 5.26. The average molecular weight is 468 g/mol. The Labute approximate surface area is 197 Å². The van der Waals surface area contributed by atoms with Crippen LogP contribution in [-0.2, 0) is 14.8 Å². The third kappa shape index (κ3) is 3.63. The average Bonchev–Trinajstić information content (AvgIpc) is 3.17. The highest BCUT2D eigenvalue weighted by Crippen LogP contribution is 2.64. The van der Waals surface area contributed by atoms with Gasteiger partial charge in [0.25, 0.3) is 5.91 Å². The van der Waals surface area contributed by atoms with Gasteiger partial charge in [0.1, 0.15) is 0 Å². The number of nitriles is 1. The summed E-state index contributed by atoms with van der Waals surface area (Å²) in [5, 5.41) is 10.8. The van der Waals surface area contributed by atoms with Gasteiger partial charge in [0.05, 0.1) is 23.9 Å². The number of nitrogens with zero attached hydrogens (tertiary/aromatic N) is 2. The molecule has 5 rings (SSSR count). The smallest absolute Gasteiger partial charge is 0.268 e. The van der Waals surface area contributed by atoms with Crippen molar-refractivity contribution in [3.63, 3.8) is 0 Å². The van der Waals surface area contributed by atoms with E-state index in [2.05, 4.69) is 30.8 Å². The van der Waals surface area contributed by atoms with E-state index in [-0.39, 0.29) is 17.4 Å². The fourth-order valence-electron chi connectivity index (χ4n) is 7.87. The van der Waals surface area contributed by atoms with E-state index in [1.54, 1.807) is 18.2 Å². The normalized spacial score (nSPS) is 38.1. The maximum absolute atomic E-state index is 13.6. The summed E-state index contributed by atoms with van der Waals surface area (Å²) in [5.41, 5.74) is 1.73. The van der Waals surface area contributed by atoms with E-state index in [0.717, 1.165) is 25.5 Å². The Morgan fingerprint density at radius 2 is 1.91 bits per heavy atom. The van der Waals surface area contributed by atoms with Crippen molar-refractivity contribution >= 4 is 21.5 Å². The van der Waals surface area contributed by atoms with Crippen molar-refractivity contribution < 1.29 is 13.2 Å². The van der Waals surface area contributed by atoms with Gasteiger partial charge >= 0.3 is 0 Å². The van der Waals surface area contributed by atoms with Crippen molar-refractivity contribution in [3.8, 4) is 6.07 Å². The number of benzene rings is 1. The summed E-state index contributed by atoms with van der Waals surface area (Å²) in [5.74, 6) is 1.38. The van der Waals surface area contributed by atoms with Crippen LogP contribution < -0.4 is 4.83 Å². The number of hydrazine groups is 1. The van der Waals surface area contributed by atoms with Gasteiger partial charge in [0.2, 0.25) is 10.0 Å². The SMILES string of the molecule is C[C@@]12CCC[C@H]1[C@@H]1CCC3N(NS(C)(=O)=O)C(=O)C(c4cccc(C#N)c4)=C[C@]3(C)[C@@H]1CC2. The summed E-state index contributed by atoms with van der Waals surface area (Å²) >= 11 is 0. The second kappa shape index (κ2) is 7.68. The molecule has 7 heteroatoms. The second-order valence-corrected chi connectivity index (χ2v) is 12.9. The van der Waals surface area contributed by atoms with E-state index in [0.29, 0.717) is 39.9 Å². The van der Waals surface area contributed by atoms with Gasteiger partial charge in [-0.3, -0.25) is 9.80 Å². The van der Waals surface area contributed by atoms with Crippen molar-refractivity contribution in [1.82, 2.24) is 9.84 Å². The second-order valence-electron chi connectivity index (χ2n) is 11.2. The number of nitrogens with one attached hydrogen (secondary N) is 1. The standard InChI is InChI=1S/C26H33N3O3S/c1-25-12-5-8-21(25)19-9-10-23-26(2,22(19)11-13-25)15-20(18-7-4-6-17(14-18)16-27)24(30)29(23)28-33(3,31)32/h4,6-7,14-15,19,21-23,28H,5,8-13H2,1-3H3/t19-,21-,22+,23?,25-,26+/m0/s1. The van der Waals surface area contributed by atoms with Gasteiger partial charge in [-0.25, -0.2) is 8.42 Å². The molecule has 0 radical (unpaired) electrons. The summed E-state index contributed by atoms with van der Waals surface area (Å²) in [6.07, 6.45) is 11.2. The Hall–Kier alpha value is -2.17. The molecular weight excluding hydrogens is 434 g/mol. The Bertz CT molecular complexity index is 1170. The molecule has 1 aromatic carbocycles. The molecule has 0 aromatic heterocycles. The first-order chi connectivity index (χ1) is 15.6. The number of carbonyl (C=O) groups is 1. The van der Waals surface area contributed by atoms with Gasteiger partial charge in [-0.2, -0.15) is 5.26 Å². The maximum atomic E-state index is 13.6. The summed E-state index contributed by atoms with van der Waals surface area (Å²) in [6.45, 7) is 4.69. The Morgan fingerprint density at radius 1 is 1.12 bits per heavy atom. The topological polar surface area (TPSA) is 90.3 Å². The maximum Gasteiger partial charge on any atom is 0.269 e. The first-order valence-electron chi connectivity index (χ1n) is 12.1. The number of fused-ring (bicyclic) bond motifs is 5. The van der Waals surface area contributed by atoms with E-state index < -0.39 is 10.0 Å². The number of hydrogen-bond donors (Lipinski definition) is 1. The fraction of sp³-hybridized carbons (Fsp3) is 0.615. The van der Waals surface area contributed by atoms with Gasteiger partial charge in [0.15, 0.2) is 0 Å². The van der Waals surface area contributed by atoms with E-state index in [9.17, 15) is 18.5 Å². The molecule has 33 heavy (non-hydrogen) atoms. The van der Waals surface area contributed by atoms with Crippen molar-refractivity contribution in [3.05, 3.63) is 41.5 Å². The number of amides is 1. The van der Waals surface area contributed by atoms with Gasteiger partial charge < -0.3 is 0 Å². The quantitative estimate of drug-likeness (QED) is 0.720. The summed E-state index contributed by atoms with van der Waals surface area (Å²) in [7, 11) is -3.63. The minimum Gasteiger partial charge on any atom is -0.268 e. The molecule has 1 aromatic rings. The van der Waals surface area contributed by atoms with Crippen molar-refractivity contribution in [1.29, 1.82) is 5.26 Å². The van der Waals surface area contributed by atoms with Crippen LogP contribution >= 0.6 is 0 Å². The largest absolute Gasteiger partial charge is 0.269 e. The lowest BCUT2D eigenvalue weighted by atomic mass is 9.48. The summed E-state index contributed by atoms with van der Waals surface area (Å²) in [4.78, 5) is 16.2. The highest BCUT2D eigenvalue weighted by Gasteiger charge is 2.59. The molecule has 6 atom stereocenters. The van der Waals surface area contributed by atoms with Gasteiger partial charge in [0, 0.05) is 11.0 Å². The monoisotopic (exact) mass is 467 g/mol. The zero-order valence-corrected chi connectivity index (χ0v) is 20.5. The van der Waals surface area contributed by atoms with Crippen LogP contribution in [0.2, 0.25) is 0 Å². The lowest BCUT2D eigenvalue weighted by molar-refractivity contribution is -0.142. The van der Waals surface area contributed by atoms with Crippen LogP contribution in [0.5, 0.6) is 0 Å². The van der Waals surface area contributed by atoms with Gasteiger partial charge in [-0.05, 0) is 79.4 Å². The Morgan fingerprint density at radius 3 is 2.64 bits per heavy atom. The molecule has 1 heterocycles. The molecule has 3 fully saturated rings. The molecule has 3 aliphatic carbocycles. The molecule has 3 saturated carbocycles. The van der Waals surface area contributed by atoms with Crippen LogP contribution in [0.4, 0.5) is 0 Å². The molecule has 1 N–H and O–H groups in total. The van der Waals surface area contributed by atoms with E-state index in [4.69, 9.17) is 0 Å². The molecule has 0 bridgehead atoms. The fourth-order valence-corrected chi connectivity index (χ4v) is 8.43. The van der Waals surface area contributed by atoms with E-state index in [1.807, 2.05) is 6.07 Å². The predicted molar refractivity (Wildman–Crippen MR) is 127 cm³/mol. The van der Waals surface area contributed by atoms with Crippen LogP contribution in [0.15, 0.2) is 30.3 Å². The minimum atomic E-state index is -3.63. The van der Waals surface area contributed by atoms with Gasteiger partial charge in [-0.1, -0.05) is 38.5 Å². The lowest BCUT2D eigenvalue weighted by Crippen LogP contribution is -2.64. The van der Waals surface area contributed by atoms with Crippen molar-refractivity contribution in [2.24, 2.45) is 28.6 Å². The molecule has 1 amide bonds. The van der Waals surface area contributed by atoms with Crippen LogP contribution in [0.1, 0.15) is 69.9 Å². The molecule has 6 nitrogen and oxygen atoms in total. The zero-order chi connectivity index (χ0) is 23.6. The van der Waals surface area contributed by atoms with E-state index >= 15 is 0 Å². The first-order valence-corrected chi connectivity index (χ1v) is 14.0. The predicted octanol–water partition coefficient (Wildman–Crippen LogP) is 4.25. The number of carbonyl (C=O) groups excluding carboxylic acids is 1.